The second-order valence-electron chi connectivity index (χ2n) is 6.33. The van der Waals surface area contributed by atoms with Crippen molar-refractivity contribution in [1.82, 2.24) is 10.5 Å². The number of hydrogen-bond acceptors (Lipinski definition) is 6. The summed E-state index contributed by atoms with van der Waals surface area (Å²) in [6.07, 6.45) is 2.37. The summed E-state index contributed by atoms with van der Waals surface area (Å²) in [5.74, 6) is 2.03. The summed E-state index contributed by atoms with van der Waals surface area (Å²) >= 11 is 0. The average molecular weight is 344 g/mol. The minimum Gasteiger partial charge on any atom is -0.454 e. The molecule has 4 rings (SSSR count). The fraction of sp³-hybridized carbons (Fsp3) is 0.444. The molecule has 0 bridgehead atoms. The van der Waals surface area contributed by atoms with Gasteiger partial charge in [-0.1, -0.05) is 5.16 Å². The van der Waals surface area contributed by atoms with Crippen molar-refractivity contribution in [3.05, 3.63) is 30.0 Å². The van der Waals surface area contributed by atoms with E-state index in [1.807, 2.05) is 24.3 Å². The molecule has 0 atom stereocenters. The van der Waals surface area contributed by atoms with Crippen LogP contribution in [0.5, 0.6) is 11.5 Å². The van der Waals surface area contributed by atoms with Gasteiger partial charge in [-0.2, -0.15) is 0 Å². The topological polar surface area (TPSA) is 82.8 Å². The highest BCUT2D eigenvalue weighted by atomic mass is 16.7. The van der Waals surface area contributed by atoms with Crippen LogP contribution in [0.3, 0.4) is 0 Å². The molecule has 0 spiro atoms. The van der Waals surface area contributed by atoms with Gasteiger partial charge in [-0.05, 0) is 37.5 Å². The normalized spacial score (nSPS) is 16.7. The summed E-state index contributed by atoms with van der Waals surface area (Å²) in [5.41, 5.74) is 0.981. The predicted molar refractivity (Wildman–Crippen MR) is 88.5 cm³/mol. The largest absolute Gasteiger partial charge is 0.454 e. The second-order valence-corrected chi connectivity index (χ2v) is 6.33. The Morgan fingerprint density at radius 3 is 2.92 bits per heavy atom. The summed E-state index contributed by atoms with van der Waals surface area (Å²) in [5, 5.41) is 7.12. The SMILES string of the molecule is COCCCNC(=O)C1(c2cc(-c3ccc4c(c3)OCO4)on2)CC1. The smallest absolute Gasteiger partial charge is 0.232 e. The summed E-state index contributed by atoms with van der Waals surface area (Å²) < 4.78 is 21.2. The highest BCUT2D eigenvalue weighted by Gasteiger charge is 2.53. The van der Waals surface area contributed by atoms with Crippen molar-refractivity contribution >= 4 is 5.91 Å². The molecule has 1 saturated carbocycles. The molecule has 7 heteroatoms. The number of amides is 1. The second kappa shape index (κ2) is 6.40. The summed E-state index contributed by atoms with van der Waals surface area (Å²) in [6.45, 7) is 1.46. The zero-order valence-electron chi connectivity index (χ0n) is 14.0. The Hall–Kier alpha value is -2.54. The van der Waals surface area contributed by atoms with Crippen molar-refractivity contribution in [3.8, 4) is 22.8 Å². The quantitative estimate of drug-likeness (QED) is 0.776. The molecule has 25 heavy (non-hydrogen) atoms. The maximum Gasteiger partial charge on any atom is 0.232 e. The van der Waals surface area contributed by atoms with Gasteiger partial charge in [0.1, 0.15) is 0 Å². The molecular formula is C18H20N2O5. The van der Waals surface area contributed by atoms with Crippen LogP contribution in [0.4, 0.5) is 0 Å². The molecular weight excluding hydrogens is 324 g/mol. The molecule has 1 fully saturated rings. The average Bonchev–Trinajstić information content (AvgIpc) is 3.08. The molecule has 0 radical (unpaired) electrons. The molecule has 1 aliphatic carbocycles. The molecule has 2 aliphatic rings. The first kappa shape index (κ1) is 16.0. The van der Waals surface area contributed by atoms with E-state index >= 15 is 0 Å². The lowest BCUT2D eigenvalue weighted by atomic mass is 10.00. The van der Waals surface area contributed by atoms with Gasteiger partial charge in [-0.3, -0.25) is 4.79 Å². The van der Waals surface area contributed by atoms with E-state index in [0.717, 1.165) is 30.6 Å². The third-order valence-electron chi connectivity index (χ3n) is 4.65. The van der Waals surface area contributed by atoms with Gasteiger partial charge in [0.25, 0.3) is 0 Å². The van der Waals surface area contributed by atoms with Crippen LogP contribution in [0.2, 0.25) is 0 Å². The van der Waals surface area contributed by atoms with Crippen molar-refractivity contribution < 1.29 is 23.5 Å². The number of rotatable bonds is 7. The molecule has 7 nitrogen and oxygen atoms in total. The van der Waals surface area contributed by atoms with Crippen molar-refractivity contribution in [2.45, 2.75) is 24.7 Å². The van der Waals surface area contributed by atoms with E-state index in [0.29, 0.717) is 30.4 Å². The van der Waals surface area contributed by atoms with Crippen LogP contribution in [0.15, 0.2) is 28.8 Å². The zero-order chi connectivity index (χ0) is 17.3. The highest BCUT2D eigenvalue weighted by molar-refractivity contribution is 5.91. The summed E-state index contributed by atoms with van der Waals surface area (Å²) in [4.78, 5) is 12.5. The number of ether oxygens (including phenoxy) is 3. The van der Waals surface area contributed by atoms with E-state index in [1.165, 1.54) is 0 Å². The molecule has 0 unspecified atom stereocenters. The number of carbonyl (C=O) groups excluding carboxylic acids is 1. The Kier molecular flexibility index (Phi) is 4.09. The highest BCUT2D eigenvalue weighted by Crippen LogP contribution is 2.48. The van der Waals surface area contributed by atoms with Gasteiger partial charge in [0.05, 0.1) is 11.1 Å². The summed E-state index contributed by atoms with van der Waals surface area (Å²) in [7, 11) is 1.65. The summed E-state index contributed by atoms with van der Waals surface area (Å²) in [6, 6.07) is 7.44. The Bertz CT molecular complexity index is 782. The number of hydrogen-bond donors (Lipinski definition) is 1. The Labute approximate surface area is 145 Å². The maximum absolute atomic E-state index is 12.5. The van der Waals surface area contributed by atoms with Gasteiger partial charge in [-0.25, -0.2) is 0 Å². The molecule has 132 valence electrons. The van der Waals surface area contributed by atoms with Crippen molar-refractivity contribution in [1.29, 1.82) is 0 Å². The molecule has 1 aromatic carbocycles. The molecule has 1 aliphatic heterocycles. The number of nitrogens with zero attached hydrogens (tertiary/aromatic N) is 1. The first-order chi connectivity index (χ1) is 12.2. The number of aromatic nitrogens is 1. The van der Waals surface area contributed by atoms with Crippen LogP contribution in [-0.2, 0) is 14.9 Å². The molecule has 2 aromatic rings. The standard InChI is InChI=1S/C18H20N2O5/c1-22-8-2-7-19-17(21)18(5-6-18)16-10-14(25-20-16)12-3-4-13-15(9-12)24-11-23-13/h3-4,9-10H,2,5-8,11H2,1H3,(H,19,21). The monoisotopic (exact) mass is 344 g/mol. The van der Waals surface area contributed by atoms with E-state index in [4.69, 9.17) is 18.7 Å². The van der Waals surface area contributed by atoms with E-state index in [-0.39, 0.29) is 12.7 Å². The third-order valence-corrected chi connectivity index (χ3v) is 4.65. The fourth-order valence-electron chi connectivity index (χ4n) is 3.00. The molecule has 0 saturated heterocycles. The number of benzene rings is 1. The minimum atomic E-state index is -0.550. The first-order valence-corrected chi connectivity index (χ1v) is 8.37. The van der Waals surface area contributed by atoms with E-state index in [1.54, 1.807) is 7.11 Å². The lowest BCUT2D eigenvalue weighted by molar-refractivity contribution is -0.123. The van der Waals surface area contributed by atoms with Crippen LogP contribution < -0.4 is 14.8 Å². The van der Waals surface area contributed by atoms with Gasteiger partial charge in [-0.15, -0.1) is 0 Å². The number of fused-ring (bicyclic) bond motifs is 1. The Morgan fingerprint density at radius 2 is 2.12 bits per heavy atom. The van der Waals surface area contributed by atoms with Gasteiger partial charge < -0.3 is 24.1 Å². The number of nitrogens with one attached hydrogen (secondary N) is 1. The van der Waals surface area contributed by atoms with E-state index in [2.05, 4.69) is 10.5 Å². The maximum atomic E-state index is 12.5. The third kappa shape index (κ3) is 2.95. The van der Waals surface area contributed by atoms with Crippen LogP contribution in [-0.4, -0.2) is 38.1 Å². The predicted octanol–water partition coefficient (Wildman–Crippen LogP) is 2.25. The molecule has 1 aromatic heterocycles. The fourth-order valence-corrected chi connectivity index (χ4v) is 3.00. The zero-order valence-corrected chi connectivity index (χ0v) is 14.0. The molecule has 2 heterocycles. The van der Waals surface area contributed by atoms with Gasteiger partial charge in [0, 0.05) is 31.9 Å². The number of methoxy groups -OCH3 is 1. The van der Waals surface area contributed by atoms with Gasteiger partial charge >= 0.3 is 0 Å². The van der Waals surface area contributed by atoms with Crippen molar-refractivity contribution in [2.75, 3.05) is 27.1 Å². The van der Waals surface area contributed by atoms with Crippen LogP contribution in [0, 0.1) is 0 Å². The van der Waals surface area contributed by atoms with E-state index in [9.17, 15) is 4.79 Å². The molecule has 1 N–H and O–H groups in total. The Morgan fingerprint density at radius 1 is 1.28 bits per heavy atom. The van der Waals surface area contributed by atoms with Gasteiger partial charge in [0.15, 0.2) is 17.3 Å². The van der Waals surface area contributed by atoms with Crippen LogP contribution in [0.25, 0.3) is 11.3 Å². The molecule has 1 amide bonds. The lowest BCUT2D eigenvalue weighted by Gasteiger charge is -2.12. The minimum absolute atomic E-state index is 0.00846. The first-order valence-electron chi connectivity index (χ1n) is 8.37. The van der Waals surface area contributed by atoms with Crippen LogP contribution in [0.1, 0.15) is 25.0 Å². The van der Waals surface area contributed by atoms with Crippen molar-refractivity contribution in [3.63, 3.8) is 0 Å². The van der Waals surface area contributed by atoms with E-state index < -0.39 is 5.41 Å². The van der Waals surface area contributed by atoms with Crippen LogP contribution >= 0.6 is 0 Å². The van der Waals surface area contributed by atoms with Gasteiger partial charge in [0.2, 0.25) is 12.7 Å². The number of carbonyl (C=O) groups is 1. The van der Waals surface area contributed by atoms with Crippen molar-refractivity contribution in [2.24, 2.45) is 0 Å². The lowest BCUT2D eigenvalue weighted by Crippen LogP contribution is -2.35. The Balaban J connectivity index is 1.48.